The number of H-pyrrole nitrogens is 1. The van der Waals surface area contributed by atoms with Gasteiger partial charge in [0.1, 0.15) is 5.82 Å². The molecule has 1 saturated heterocycles. The fraction of sp³-hybridized carbons (Fsp3) is 0.316. The molecule has 4 rings (SSSR count). The summed E-state index contributed by atoms with van der Waals surface area (Å²) in [5, 5.41) is 0. The Morgan fingerprint density at radius 2 is 2.00 bits per heavy atom. The van der Waals surface area contributed by atoms with Crippen molar-refractivity contribution in [1.29, 1.82) is 0 Å². The summed E-state index contributed by atoms with van der Waals surface area (Å²) >= 11 is 0. The second kappa shape index (κ2) is 6.83. The number of nitrogens with one attached hydrogen (secondary N) is 2. The zero-order valence-electron chi connectivity index (χ0n) is 14.6. The van der Waals surface area contributed by atoms with Crippen LogP contribution in [0.25, 0.3) is 11.0 Å². The number of imidazole rings is 1. The monoisotopic (exact) mass is 370 g/mol. The van der Waals surface area contributed by atoms with E-state index in [1.165, 1.54) is 4.31 Å². The summed E-state index contributed by atoms with van der Waals surface area (Å²) in [5.41, 5.74) is 3.87. The fourth-order valence-corrected chi connectivity index (χ4v) is 4.93. The second-order valence-electron chi connectivity index (χ2n) is 6.67. The lowest BCUT2D eigenvalue weighted by Gasteiger charge is -2.22. The van der Waals surface area contributed by atoms with Crippen LogP contribution in [0.1, 0.15) is 35.8 Å². The highest BCUT2D eigenvalue weighted by molar-refractivity contribution is 7.87. The molecule has 1 atom stereocenters. The third-order valence-electron chi connectivity index (χ3n) is 4.86. The van der Waals surface area contributed by atoms with Crippen LogP contribution in [0.4, 0.5) is 0 Å². The highest BCUT2D eigenvalue weighted by Gasteiger charge is 2.36. The molecular formula is C19H22N4O2S. The molecule has 7 heteroatoms. The Labute approximate surface area is 153 Å². The van der Waals surface area contributed by atoms with Crippen molar-refractivity contribution in [2.45, 2.75) is 32.4 Å². The minimum absolute atomic E-state index is 0.255. The first-order valence-corrected chi connectivity index (χ1v) is 10.2. The van der Waals surface area contributed by atoms with Gasteiger partial charge in [-0.15, -0.1) is 0 Å². The maximum atomic E-state index is 12.8. The van der Waals surface area contributed by atoms with E-state index in [2.05, 4.69) is 14.7 Å². The number of fused-ring (bicyclic) bond motifs is 1. The maximum absolute atomic E-state index is 12.8. The van der Waals surface area contributed by atoms with Crippen molar-refractivity contribution < 1.29 is 8.42 Å². The number of para-hydroxylation sites is 1. The van der Waals surface area contributed by atoms with Crippen LogP contribution in [0.15, 0.2) is 48.5 Å². The summed E-state index contributed by atoms with van der Waals surface area (Å²) in [5.74, 6) is 0.719. The Kier molecular flexibility index (Phi) is 4.52. The van der Waals surface area contributed by atoms with Gasteiger partial charge in [-0.2, -0.15) is 17.4 Å². The number of rotatable bonds is 5. The van der Waals surface area contributed by atoms with Crippen LogP contribution in [-0.2, 0) is 16.8 Å². The Bertz CT molecular complexity index is 1010. The average Bonchev–Trinajstić information content (AvgIpc) is 3.28. The Morgan fingerprint density at radius 3 is 2.77 bits per heavy atom. The number of benzene rings is 2. The van der Waals surface area contributed by atoms with Crippen LogP contribution < -0.4 is 4.72 Å². The molecule has 0 bridgehead atoms. The van der Waals surface area contributed by atoms with Crippen molar-refractivity contribution in [2.75, 3.05) is 6.54 Å². The number of aryl methyl sites for hydroxylation is 1. The summed E-state index contributed by atoms with van der Waals surface area (Å²) in [4.78, 5) is 8.00. The molecule has 1 aliphatic rings. The lowest BCUT2D eigenvalue weighted by atomic mass is 10.2. The molecular weight excluding hydrogens is 348 g/mol. The summed E-state index contributed by atoms with van der Waals surface area (Å²) < 4.78 is 29.9. The lowest BCUT2D eigenvalue weighted by molar-refractivity contribution is 0.378. The number of hydrogen-bond donors (Lipinski definition) is 2. The number of aromatic amines is 1. The molecule has 2 aromatic carbocycles. The van der Waals surface area contributed by atoms with Crippen LogP contribution in [0.3, 0.4) is 0 Å². The van der Waals surface area contributed by atoms with Crippen LogP contribution in [-0.4, -0.2) is 29.2 Å². The van der Waals surface area contributed by atoms with Crippen molar-refractivity contribution in [2.24, 2.45) is 0 Å². The molecule has 26 heavy (non-hydrogen) atoms. The lowest BCUT2D eigenvalue weighted by Crippen LogP contribution is -2.40. The SMILES string of the molecule is Cc1cccc2[nH]c([C@H]3CCCN3S(=O)(=O)NCc3ccccc3)nc12. The van der Waals surface area contributed by atoms with Crippen LogP contribution in [0.5, 0.6) is 0 Å². The highest BCUT2D eigenvalue weighted by Crippen LogP contribution is 2.33. The third-order valence-corrected chi connectivity index (χ3v) is 6.43. The Balaban J connectivity index is 1.57. The summed E-state index contributed by atoms with van der Waals surface area (Å²) in [7, 11) is -3.58. The van der Waals surface area contributed by atoms with Crippen molar-refractivity contribution in [3.63, 3.8) is 0 Å². The van der Waals surface area contributed by atoms with Gasteiger partial charge < -0.3 is 4.98 Å². The van der Waals surface area contributed by atoms with Gasteiger partial charge in [-0.1, -0.05) is 42.5 Å². The largest absolute Gasteiger partial charge is 0.341 e. The molecule has 6 nitrogen and oxygen atoms in total. The summed E-state index contributed by atoms with van der Waals surface area (Å²) in [6.07, 6.45) is 1.60. The topological polar surface area (TPSA) is 78.1 Å². The van der Waals surface area contributed by atoms with Crippen molar-refractivity contribution >= 4 is 21.2 Å². The van der Waals surface area contributed by atoms with Gasteiger partial charge in [-0.3, -0.25) is 0 Å². The van der Waals surface area contributed by atoms with Crippen LogP contribution in [0.2, 0.25) is 0 Å². The van der Waals surface area contributed by atoms with Crippen molar-refractivity contribution in [1.82, 2.24) is 19.0 Å². The van der Waals surface area contributed by atoms with Gasteiger partial charge in [0.2, 0.25) is 0 Å². The first-order valence-electron chi connectivity index (χ1n) is 8.80. The molecule has 1 aromatic heterocycles. The molecule has 0 unspecified atom stereocenters. The summed E-state index contributed by atoms with van der Waals surface area (Å²) in [6.45, 7) is 2.80. The van der Waals surface area contributed by atoms with E-state index in [4.69, 9.17) is 0 Å². The van der Waals surface area contributed by atoms with Gasteiger partial charge in [-0.25, -0.2) is 4.98 Å². The van der Waals surface area contributed by atoms with Gasteiger partial charge in [0, 0.05) is 13.1 Å². The minimum Gasteiger partial charge on any atom is -0.341 e. The van der Waals surface area contributed by atoms with E-state index in [0.717, 1.165) is 40.8 Å². The minimum atomic E-state index is -3.58. The molecule has 0 amide bonds. The molecule has 0 aliphatic carbocycles. The fourth-order valence-electron chi connectivity index (χ4n) is 3.51. The second-order valence-corrected chi connectivity index (χ2v) is 8.38. The molecule has 0 spiro atoms. The number of hydrogen-bond acceptors (Lipinski definition) is 3. The van der Waals surface area contributed by atoms with Gasteiger partial charge in [0.15, 0.2) is 0 Å². The van der Waals surface area contributed by atoms with Crippen LogP contribution >= 0.6 is 0 Å². The van der Waals surface area contributed by atoms with E-state index in [9.17, 15) is 8.42 Å². The van der Waals surface area contributed by atoms with E-state index in [0.29, 0.717) is 6.54 Å². The van der Waals surface area contributed by atoms with Gasteiger partial charge in [0.25, 0.3) is 10.2 Å². The van der Waals surface area contributed by atoms with E-state index < -0.39 is 10.2 Å². The van der Waals surface area contributed by atoms with Gasteiger partial charge in [0.05, 0.1) is 17.1 Å². The molecule has 1 aliphatic heterocycles. The first-order chi connectivity index (χ1) is 12.5. The normalized spacial score (nSPS) is 18.6. The van der Waals surface area contributed by atoms with E-state index in [1.807, 2.05) is 55.5 Å². The van der Waals surface area contributed by atoms with Gasteiger partial charge >= 0.3 is 0 Å². The van der Waals surface area contributed by atoms with E-state index in [-0.39, 0.29) is 12.6 Å². The molecule has 136 valence electrons. The zero-order chi connectivity index (χ0) is 18.1. The Hall–Kier alpha value is -2.22. The number of aromatic nitrogens is 2. The molecule has 0 radical (unpaired) electrons. The smallest absolute Gasteiger partial charge is 0.280 e. The number of nitrogens with zero attached hydrogens (tertiary/aromatic N) is 2. The van der Waals surface area contributed by atoms with Crippen molar-refractivity contribution in [3.05, 3.63) is 65.5 Å². The van der Waals surface area contributed by atoms with Gasteiger partial charge in [-0.05, 0) is 37.0 Å². The van der Waals surface area contributed by atoms with E-state index >= 15 is 0 Å². The molecule has 3 aromatic rings. The predicted octanol–water partition coefficient (Wildman–Crippen LogP) is 3.04. The average molecular weight is 370 g/mol. The molecule has 0 saturated carbocycles. The molecule has 2 heterocycles. The first kappa shape index (κ1) is 17.2. The third kappa shape index (κ3) is 3.25. The quantitative estimate of drug-likeness (QED) is 0.725. The highest BCUT2D eigenvalue weighted by atomic mass is 32.2. The van der Waals surface area contributed by atoms with Crippen LogP contribution in [0, 0.1) is 6.92 Å². The molecule has 2 N–H and O–H groups in total. The van der Waals surface area contributed by atoms with Crippen molar-refractivity contribution in [3.8, 4) is 0 Å². The molecule has 1 fully saturated rings. The Morgan fingerprint density at radius 1 is 1.19 bits per heavy atom. The maximum Gasteiger partial charge on any atom is 0.280 e. The standard InChI is InChI=1S/C19H22N4O2S/c1-14-7-5-10-16-18(14)22-19(21-16)17-11-6-12-23(17)26(24,25)20-13-15-8-3-2-4-9-15/h2-5,7-10,17,20H,6,11-13H2,1H3,(H,21,22)/t17-/m1/s1. The summed E-state index contributed by atoms with van der Waals surface area (Å²) in [6, 6.07) is 15.2. The zero-order valence-corrected chi connectivity index (χ0v) is 15.5. The van der Waals surface area contributed by atoms with E-state index in [1.54, 1.807) is 0 Å². The predicted molar refractivity (Wildman–Crippen MR) is 102 cm³/mol.